The molecule has 2 atom stereocenters. The lowest BCUT2D eigenvalue weighted by molar-refractivity contribution is -0.128. The average Bonchev–Trinajstić information content (AvgIpc) is 3.27. The molecule has 11 heteroatoms. The number of nitrogens with one attached hydrogen (secondary N) is 2. The Labute approximate surface area is 277 Å². The minimum Gasteiger partial charge on any atom is -0.504 e. The number of carbonyl (C=O) groups is 3. The molecule has 0 radical (unpaired) electrons. The number of hydrogen-bond acceptors (Lipinski definition) is 8. The summed E-state index contributed by atoms with van der Waals surface area (Å²) < 4.78 is 11.2. The van der Waals surface area contributed by atoms with Crippen molar-refractivity contribution in [1.82, 2.24) is 20.0 Å². The number of aldehydes is 1. The number of ether oxygens (including phenoxy) is 2. The van der Waals surface area contributed by atoms with E-state index in [9.17, 15) is 19.5 Å². The molecule has 3 saturated heterocycles. The number of carbonyl (C=O) groups excluding carboxylic acids is 3. The molecule has 6 rings (SSSR count). The van der Waals surface area contributed by atoms with Crippen LogP contribution in [0, 0.1) is 18.8 Å². The molecule has 0 spiro atoms. The molecular formula is C36H49N5O6. The molecule has 254 valence electrons. The monoisotopic (exact) mass is 647 g/mol. The number of hydrogen-bond donors (Lipinski definition) is 3. The van der Waals surface area contributed by atoms with Crippen LogP contribution in [0.4, 0.5) is 15.3 Å². The average molecular weight is 648 g/mol. The number of aromatic hydroxyl groups is 1. The van der Waals surface area contributed by atoms with Crippen molar-refractivity contribution in [1.29, 1.82) is 0 Å². The Balaban J connectivity index is 1.25. The van der Waals surface area contributed by atoms with E-state index in [1.165, 1.54) is 20.0 Å². The van der Waals surface area contributed by atoms with Gasteiger partial charge in [-0.05, 0) is 105 Å². The van der Waals surface area contributed by atoms with E-state index in [0.717, 1.165) is 63.0 Å². The van der Waals surface area contributed by atoms with Crippen LogP contribution in [0.5, 0.6) is 11.5 Å². The van der Waals surface area contributed by atoms with Gasteiger partial charge in [0, 0.05) is 50.7 Å². The van der Waals surface area contributed by atoms with Crippen LogP contribution in [0.1, 0.15) is 61.6 Å². The van der Waals surface area contributed by atoms with Crippen molar-refractivity contribution in [2.75, 3.05) is 51.7 Å². The lowest BCUT2D eigenvalue weighted by Crippen LogP contribution is -2.69. The minimum absolute atomic E-state index is 0.00199. The van der Waals surface area contributed by atoms with Crippen molar-refractivity contribution in [3.8, 4) is 11.5 Å². The summed E-state index contributed by atoms with van der Waals surface area (Å²) in [5.41, 5.74) is 2.35. The first kappa shape index (κ1) is 33.1. The summed E-state index contributed by atoms with van der Waals surface area (Å²) in [5, 5.41) is 16.9. The van der Waals surface area contributed by atoms with Gasteiger partial charge in [0.1, 0.15) is 18.6 Å². The van der Waals surface area contributed by atoms with Gasteiger partial charge in [-0.25, -0.2) is 9.59 Å². The summed E-state index contributed by atoms with van der Waals surface area (Å²) in [6, 6.07) is 11.0. The molecule has 0 aromatic heterocycles. The van der Waals surface area contributed by atoms with Crippen molar-refractivity contribution in [2.45, 2.75) is 76.6 Å². The number of aryl methyl sites for hydroxylation is 1. The van der Waals surface area contributed by atoms with Crippen LogP contribution >= 0.6 is 0 Å². The molecule has 0 bridgehead atoms. The number of phenols is 1. The van der Waals surface area contributed by atoms with Crippen molar-refractivity contribution < 1.29 is 29.0 Å². The number of benzene rings is 2. The molecule has 4 aliphatic rings. The standard InChI is InChI=1S/C36H49N5O6/c1-25-21-26(22-32(46-2)33(25)43)24-47-35(45)41-19-12-30(40-18-11-29-5-3-4-6-31(29)38-34(40)44)23-36(41,13-20-42)39-16-9-28(10-17-39)27-7-14-37-15-8-27/h3-6,20-22,27-28,30,37,43H,7-19,23-24H2,1-2H3,(H,38,44)/t30-,36+/m1/s1. The molecular weight excluding hydrogens is 598 g/mol. The number of amides is 3. The van der Waals surface area contributed by atoms with Crippen molar-refractivity contribution >= 4 is 24.1 Å². The van der Waals surface area contributed by atoms with E-state index in [4.69, 9.17) is 9.47 Å². The highest BCUT2D eigenvalue weighted by Gasteiger charge is 2.52. The van der Waals surface area contributed by atoms with Gasteiger partial charge in [0.2, 0.25) is 0 Å². The van der Waals surface area contributed by atoms with Gasteiger partial charge in [0.05, 0.1) is 7.11 Å². The second-order valence-corrected chi connectivity index (χ2v) is 13.6. The topological polar surface area (TPSA) is 124 Å². The Hall–Kier alpha value is -3.83. The van der Waals surface area contributed by atoms with Gasteiger partial charge in [0.15, 0.2) is 11.5 Å². The summed E-state index contributed by atoms with van der Waals surface area (Å²) in [7, 11) is 1.49. The Bertz CT molecular complexity index is 1440. The molecule has 3 N–H and O–H groups in total. The van der Waals surface area contributed by atoms with E-state index < -0.39 is 11.8 Å². The maximum absolute atomic E-state index is 14.1. The molecule has 2 aromatic rings. The van der Waals surface area contributed by atoms with E-state index in [1.54, 1.807) is 24.0 Å². The quantitative estimate of drug-likeness (QED) is 0.346. The van der Waals surface area contributed by atoms with Gasteiger partial charge >= 0.3 is 12.1 Å². The lowest BCUT2D eigenvalue weighted by atomic mass is 9.77. The van der Waals surface area contributed by atoms with Crippen LogP contribution < -0.4 is 15.4 Å². The molecule has 0 saturated carbocycles. The number of urea groups is 1. The molecule has 3 fully saturated rings. The molecule has 47 heavy (non-hydrogen) atoms. The Morgan fingerprint density at radius 1 is 1.04 bits per heavy atom. The number of rotatable bonds is 8. The molecule has 2 aromatic carbocycles. The fourth-order valence-electron chi connectivity index (χ4n) is 8.48. The second-order valence-electron chi connectivity index (χ2n) is 13.6. The third kappa shape index (κ3) is 6.92. The Morgan fingerprint density at radius 3 is 2.53 bits per heavy atom. The molecule has 11 nitrogen and oxygen atoms in total. The number of anilines is 1. The summed E-state index contributed by atoms with van der Waals surface area (Å²) in [5.74, 6) is 1.71. The number of piperidine rings is 3. The van der Waals surface area contributed by atoms with Gasteiger partial charge in [-0.1, -0.05) is 18.2 Å². The summed E-state index contributed by atoms with van der Waals surface area (Å²) in [6.45, 7) is 6.39. The van der Waals surface area contributed by atoms with E-state index in [-0.39, 0.29) is 30.9 Å². The Morgan fingerprint density at radius 2 is 1.79 bits per heavy atom. The highest BCUT2D eigenvalue weighted by Crippen LogP contribution is 2.42. The zero-order valence-corrected chi connectivity index (χ0v) is 27.7. The summed E-state index contributed by atoms with van der Waals surface area (Å²) in [4.78, 5) is 46.2. The molecule has 0 aliphatic carbocycles. The third-order valence-electron chi connectivity index (χ3n) is 11.1. The van der Waals surface area contributed by atoms with Gasteiger partial charge < -0.3 is 34.9 Å². The molecule has 3 amide bonds. The summed E-state index contributed by atoms with van der Waals surface area (Å²) in [6.07, 6.45) is 6.78. The van der Waals surface area contributed by atoms with Crippen LogP contribution in [0.2, 0.25) is 0 Å². The lowest BCUT2D eigenvalue weighted by Gasteiger charge is -2.56. The predicted octanol–water partition coefficient (Wildman–Crippen LogP) is 4.90. The maximum Gasteiger partial charge on any atom is 0.411 e. The molecule has 0 unspecified atom stereocenters. The van der Waals surface area contributed by atoms with E-state index in [1.807, 2.05) is 29.2 Å². The largest absolute Gasteiger partial charge is 0.504 e. The first-order chi connectivity index (χ1) is 22.8. The number of phenolic OH excluding ortho intramolecular Hbond substituents is 1. The van der Waals surface area contributed by atoms with Crippen molar-refractivity contribution in [3.05, 3.63) is 53.1 Å². The number of nitrogens with zero attached hydrogens (tertiary/aromatic N) is 3. The van der Waals surface area contributed by atoms with Crippen molar-refractivity contribution in [3.63, 3.8) is 0 Å². The zero-order valence-electron chi connectivity index (χ0n) is 27.7. The minimum atomic E-state index is -0.914. The van der Waals surface area contributed by atoms with Gasteiger partial charge in [-0.15, -0.1) is 0 Å². The number of para-hydroxylation sites is 1. The van der Waals surface area contributed by atoms with Gasteiger partial charge in [0.25, 0.3) is 0 Å². The predicted molar refractivity (Wildman–Crippen MR) is 178 cm³/mol. The van der Waals surface area contributed by atoms with Crippen LogP contribution in [0.15, 0.2) is 36.4 Å². The number of likely N-dealkylation sites (tertiary alicyclic amines) is 2. The number of fused-ring (bicyclic) bond motifs is 1. The smallest absolute Gasteiger partial charge is 0.411 e. The van der Waals surface area contributed by atoms with Crippen LogP contribution in [-0.4, -0.2) is 96.3 Å². The highest BCUT2D eigenvalue weighted by atomic mass is 16.6. The Kier molecular flexibility index (Phi) is 10.2. The van der Waals surface area contributed by atoms with Crippen LogP contribution in [-0.2, 0) is 22.6 Å². The maximum atomic E-state index is 14.1. The first-order valence-electron chi connectivity index (χ1n) is 17.2. The normalized spacial score (nSPS) is 24.6. The van der Waals surface area contributed by atoms with Crippen LogP contribution in [0.25, 0.3) is 0 Å². The van der Waals surface area contributed by atoms with E-state index in [0.29, 0.717) is 54.6 Å². The zero-order chi connectivity index (χ0) is 33.0. The van der Waals surface area contributed by atoms with Gasteiger partial charge in [-0.3, -0.25) is 9.80 Å². The van der Waals surface area contributed by atoms with E-state index >= 15 is 0 Å². The fraction of sp³-hybridized carbons (Fsp3) is 0.583. The summed E-state index contributed by atoms with van der Waals surface area (Å²) >= 11 is 0. The van der Waals surface area contributed by atoms with Crippen molar-refractivity contribution in [2.24, 2.45) is 11.8 Å². The first-order valence-corrected chi connectivity index (χ1v) is 17.2. The number of methoxy groups -OCH3 is 1. The second kappa shape index (κ2) is 14.5. The fourth-order valence-corrected chi connectivity index (χ4v) is 8.48. The molecule has 4 heterocycles. The van der Waals surface area contributed by atoms with Crippen LogP contribution in [0.3, 0.4) is 0 Å². The van der Waals surface area contributed by atoms with Gasteiger partial charge in [-0.2, -0.15) is 0 Å². The highest BCUT2D eigenvalue weighted by molar-refractivity contribution is 5.91. The molecule has 4 aliphatic heterocycles. The third-order valence-corrected chi connectivity index (χ3v) is 11.1. The SMILES string of the molecule is COc1cc(COC(=O)N2CC[C@@H](N3CCc4ccccc4NC3=O)C[C@@]2(CC=O)N2CCC(C3CCNCC3)CC2)cc(C)c1O. The van der Waals surface area contributed by atoms with E-state index in [2.05, 4.69) is 15.5 Å².